The van der Waals surface area contributed by atoms with E-state index in [0.29, 0.717) is 12.8 Å². The molecule has 2 atom stereocenters. The minimum Gasteiger partial charge on any atom is -0.279 e. The Bertz CT molecular complexity index is 412. The molecule has 1 saturated heterocycles. The Kier molecular flexibility index (Phi) is 3.18. The van der Waals surface area contributed by atoms with E-state index in [1.807, 2.05) is 6.08 Å². The zero-order valence-corrected chi connectivity index (χ0v) is 11.2. The molecule has 0 radical (unpaired) electrons. The van der Waals surface area contributed by atoms with E-state index in [9.17, 15) is 9.59 Å². The number of nitrogens with zero attached hydrogens (tertiary/aromatic N) is 1. The van der Waals surface area contributed by atoms with E-state index in [-0.39, 0.29) is 29.7 Å². The van der Waals surface area contributed by atoms with E-state index in [0.717, 1.165) is 30.7 Å². The normalized spacial score (nSPS) is 33.6. The van der Waals surface area contributed by atoms with E-state index in [4.69, 9.17) is 11.6 Å². The summed E-state index contributed by atoms with van der Waals surface area (Å²) in [5.74, 6) is -0.237. The Balaban J connectivity index is 1.81. The molecule has 1 heterocycles. The Morgan fingerprint density at radius 2 is 1.72 bits per heavy atom. The van der Waals surface area contributed by atoms with Crippen LogP contribution in [0.4, 0.5) is 0 Å². The number of rotatable bonds is 1. The zero-order chi connectivity index (χ0) is 12.7. The van der Waals surface area contributed by atoms with E-state index in [1.54, 1.807) is 4.90 Å². The Hall–Kier alpha value is -0.830. The molecule has 2 aliphatic carbocycles. The predicted molar refractivity (Wildman–Crippen MR) is 68.9 cm³/mol. The number of likely N-dealkylation sites (tertiary alicyclic amines) is 1. The highest BCUT2D eigenvalue weighted by Gasteiger charge is 2.50. The lowest BCUT2D eigenvalue weighted by molar-refractivity contribution is -0.143. The molecule has 0 unspecified atom stereocenters. The van der Waals surface area contributed by atoms with Crippen LogP contribution in [0.3, 0.4) is 0 Å². The number of hydrogen-bond acceptors (Lipinski definition) is 2. The van der Waals surface area contributed by atoms with Crippen molar-refractivity contribution in [2.45, 2.75) is 51.0 Å². The first-order valence-corrected chi connectivity index (χ1v) is 7.27. The van der Waals surface area contributed by atoms with Crippen molar-refractivity contribution in [1.29, 1.82) is 0 Å². The third kappa shape index (κ3) is 1.89. The van der Waals surface area contributed by atoms with Crippen LogP contribution >= 0.6 is 11.6 Å². The minimum atomic E-state index is -0.183. The summed E-state index contributed by atoms with van der Waals surface area (Å²) in [4.78, 5) is 26.4. The minimum absolute atomic E-state index is 0.0307. The average molecular weight is 268 g/mol. The average Bonchev–Trinajstić information content (AvgIpc) is 2.63. The highest BCUT2D eigenvalue weighted by molar-refractivity contribution is 6.30. The lowest BCUT2D eigenvalue weighted by Crippen LogP contribution is -2.41. The molecular weight excluding hydrogens is 250 g/mol. The largest absolute Gasteiger partial charge is 0.279 e. The molecule has 18 heavy (non-hydrogen) atoms. The Morgan fingerprint density at radius 3 is 2.44 bits per heavy atom. The maximum Gasteiger partial charge on any atom is 0.233 e. The van der Waals surface area contributed by atoms with Gasteiger partial charge in [-0.15, -0.1) is 0 Å². The molecule has 3 nitrogen and oxygen atoms in total. The number of carbonyl (C=O) groups is 2. The first-order chi connectivity index (χ1) is 8.68. The molecule has 4 heteroatoms. The van der Waals surface area contributed by atoms with Crippen LogP contribution in [0.15, 0.2) is 11.1 Å². The Labute approximate surface area is 112 Å². The number of carbonyl (C=O) groups excluding carboxylic acids is 2. The SMILES string of the molecule is O=C1[C@H]2CC=C(Cl)C[C@H]2C(=O)N1C1CCCCC1. The maximum absolute atomic E-state index is 12.4. The fourth-order valence-corrected chi connectivity index (χ4v) is 3.81. The highest BCUT2D eigenvalue weighted by Crippen LogP contribution is 2.41. The number of allylic oxidation sites excluding steroid dienone is 2. The zero-order valence-electron chi connectivity index (χ0n) is 10.4. The number of imide groups is 1. The van der Waals surface area contributed by atoms with Crippen molar-refractivity contribution in [3.05, 3.63) is 11.1 Å². The molecule has 3 aliphatic rings. The molecule has 0 N–H and O–H groups in total. The topological polar surface area (TPSA) is 37.4 Å². The number of fused-ring (bicyclic) bond motifs is 1. The second kappa shape index (κ2) is 4.69. The monoisotopic (exact) mass is 267 g/mol. The standard InChI is InChI=1S/C14H18ClNO2/c15-9-6-7-11-12(8-9)14(18)16(13(11)17)10-4-2-1-3-5-10/h6,10-12H,1-5,7-8H2/t11-,12+/m0/s1. The molecule has 2 amide bonds. The summed E-state index contributed by atoms with van der Waals surface area (Å²) in [7, 11) is 0. The lowest BCUT2D eigenvalue weighted by Gasteiger charge is -2.29. The molecule has 0 aromatic carbocycles. The molecule has 3 rings (SSSR count). The van der Waals surface area contributed by atoms with Crippen LogP contribution < -0.4 is 0 Å². The van der Waals surface area contributed by atoms with Gasteiger partial charge in [-0.2, -0.15) is 0 Å². The van der Waals surface area contributed by atoms with Crippen molar-refractivity contribution in [2.75, 3.05) is 0 Å². The summed E-state index contributed by atoms with van der Waals surface area (Å²) in [5.41, 5.74) is 0. The first kappa shape index (κ1) is 12.2. The molecular formula is C14H18ClNO2. The van der Waals surface area contributed by atoms with Gasteiger partial charge in [-0.3, -0.25) is 14.5 Å². The molecule has 0 spiro atoms. The van der Waals surface area contributed by atoms with Gasteiger partial charge in [-0.05, 0) is 25.7 Å². The summed E-state index contributed by atoms with van der Waals surface area (Å²) >= 11 is 6.01. The second-order valence-corrected chi connectivity index (χ2v) is 6.13. The van der Waals surface area contributed by atoms with Gasteiger partial charge in [-0.25, -0.2) is 0 Å². The second-order valence-electron chi connectivity index (χ2n) is 5.64. The van der Waals surface area contributed by atoms with Crippen LogP contribution in [-0.4, -0.2) is 22.8 Å². The number of halogens is 1. The quantitative estimate of drug-likeness (QED) is 0.685. The summed E-state index contributed by atoms with van der Waals surface area (Å²) in [6, 6.07) is 0.156. The third-order valence-corrected chi connectivity index (χ3v) is 4.85. The lowest BCUT2D eigenvalue weighted by atomic mass is 9.85. The van der Waals surface area contributed by atoms with E-state index >= 15 is 0 Å². The van der Waals surface area contributed by atoms with Gasteiger partial charge in [0.25, 0.3) is 0 Å². The van der Waals surface area contributed by atoms with Crippen LogP contribution in [0, 0.1) is 11.8 Å². The van der Waals surface area contributed by atoms with Crippen molar-refractivity contribution in [1.82, 2.24) is 4.90 Å². The van der Waals surface area contributed by atoms with Gasteiger partial charge in [0.1, 0.15) is 0 Å². The van der Waals surface area contributed by atoms with E-state index in [1.165, 1.54) is 6.42 Å². The molecule has 0 aromatic heterocycles. The molecule has 2 fully saturated rings. The van der Waals surface area contributed by atoms with Crippen molar-refractivity contribution in [3.63, 3.8) is 0 Å². The van der Waals surface area contributed by atoms with Crippen molar-refractivity contribution in [3.8, 4) is 0 Å². The molecule has 0 bridgehead atoms. The van der Waals surface area contributed by atoms with Crippen LogP contribution in [0.1, 0.15) is 44.9 Å². The van der Waals surface area contributed by atoms with Gasteiger partial charge in [0.05, 0.1) is 11.8 Å². The number of amides is 2. The summed E-state index contributed by atoms with van der Waals surface area (Å²) in [6.45, 7) is 0. The van der Waals surface area contributed by atoms with Crippen LogP contribution in [-0.2, 0) is 9.59 Å². The molecule has 1 aliphatic heterocycles. The van der Waals surface area contributed by atoms with Gasteiger partial charge in [0.2, 0.25) is 11.8 Å². The van der Waals surface area contributed by atoms with Crippen molar-refractivity contribution in [2.24, 2.45) is 11.8 Å². The van der Waals surface area contributed by atoms with Gasteiger partial charge in [0, 0.05) is 11.1 Å². The van der Waals surface area contributed by atoms with Crippen molar-refractivity contribution >= 4 is 23.4 Å². The van der Waals surface area contributed by atoms with Gasteiger partial charge in [-0.1, -0.05) is 36.9 Å². The van der Waals surface area contributed by atoms with E-state index in [2.05, 4.69) is 0 Å². The fraction of sp³-hybridized carbons (Fsp3) is 0.714. The molecule has 1 saturated carbocycles. The highest BCUT2D eigenvalue weighted by atomic mass is 35.5. The smallest absolute Gasteiger partial charge is 0.233 e. The molecule has 0 aromatic rings. The molecule has 98 valence electrons. The van der Waals surface area contributed by atoms with Crippen LogP contribution in [0.5, 0.6) is 0 Å². The number of hydrogen-bond donors (Lipinski definition) is 0. The summed E-state index contributed by atoms with van der Waals surface area (Å²) < 4.78 is 0. The first-order valence-electron chi connectivity index (χ1n) is 6.90. The Morgan fingerprint density at radius 1 is 1.06 bits per heavy atom. The van der Waals surface area contributed by atoms with Crippen LogP contribution in [0.25, 0.3) is 0 Å². The van der Waals surface area contributed by atoms with Crippen molar-refractivity contribution < 1.29 is 9.59 Å². The fourth-order valence-electron chi connectivity index (χ4n) is 3.55. The van der Waals surface area contributed by atoms with E-state index < -0.39 is 0 Å². The summed E-state index contributed by atoms with van der Waals surface area (Å²) in [5, 5.41) is 0.739. The van der Waals surface area contributed by atoms with Gasteiger partial charge >= 0.3 is 0 Å². The van der Waals surface area contributed by atoms with Crippen LogP contribution in [0.2, 0.25) is 0 Å². The predicted octanol–water partition coefficient (Wildman–Crippen LogP) is 2.84. The van der Waals surface area contributed by atoms with Gasteiger partial charge < -0.3 is 0 Å². The third-order valence-electron chi connectivity index (χ3n) is 4.54. The van der Waals surface area contributed by atoms with Gasteiger partial charge in [0.15, 0.2) is 0 Å². The maximum atomic E-state index is 12.4. The summed E-state index contributed by atoms with van der Waals surface area (Å²) in [6.07, 6.45) is 8.56.